The molecule has 2 heterocycles. The van der Waals surface area contributed by atoms with Crippen LogP contribution in [0.2, 0.25) is 0 Å². The molecule has 0 bridgehead atoms. The number of rotatable bonds is 5. The summed E-state index contributed by atoms with van der Waals surface area (Å²) in [6.45, 7) is 2.93. The fourth-order valence-electron chi connectivity index (χ4n) is 2.65. The third-order valence-corrected chi connectivity index (χ3v) is 3.97. The van der Waals surface area contributed by atoms with E-state index >= 15 is 0 Å². The molecule has 0 fully saturated rings. The summed E-state index contributed by atoms with van der Waals surface area (Å²) < 4.78 is 7.18. The van der Waals surface area contributed by atoms with E-state index in [1.165, 1.54) is 12.1 Å². The molecule has 2 aromatic heterocycles. The van der Waals surface area contributed by atoms with Crippen LogP contribution in [0, 0.1) is 6.92 Å². The first kappa shape index (κ1) is 15.9. The van der Waals surface area contributed by atoms with Gasteiger partial charge in [0.15, 0.2) is 0 Å². The van der Waals surface area contributed by atoms with Gasteiger partial charge in [-0.15, -0.1) is 0 Å². The Balaban J connectivity index is 1.73. The Labute approximate surface area is 138 Å². The highest BCUT2D eigenvalue weighted by Crippen LogP contribution is 2.23. The van der Waals surface area contributed by atoms with Crippen molar-refractivity contribution >= 4 is 16.9 Å². The second-order valence-corrected chi connectivity index (χ2v) is 5.62. The lowest BCUT2D eigenvalue weighted by molar-refractivity contribution is -0.120. The Morgan fingerprint density at radius 1 is 1.29 bits per heavy atom. The molecule has 0 saturated heterocycles. The second kappa shape index (κ2) is 6.62. The molecule has 1 amide bonds. The molecule has 6 heteroatoms. The number of hydrogen-bond acceptors (Lipinski definition) is 4. The normalized spacial score (nSPS) is 10.9. The van der Waals surface area contributed by atoms with Crippen LogP contribution in [0.5, 0.6) is 5.75 Å². The summed E-state index contributed by atoms with van der Waals surface area (Å²) in [6, 6.07) is 8.43. The third kappa shape index (κ3) is 3.32. The lowest BCUT2D eigenvalue weighted by Crippen LogP contribution is -2.30. The zero-order valence-electron chi connectivity index (χ0n) is 13.3. The van der Waals surface area contributed by atoms with Gasteiger partial charge < -0.3 is 19.4 Å². The van der Waals surface area contributed by atoms with Crippen LogP contribution in [0.25, 0.3) is 11.0 Å². The van der Waals surface area contributed by atoms with E-state index in [1.54, 1.807) is 13.0 Å². The van der Waals surface area contributed by atoms with Crippen molar-refractivity contribution in [3.63, 3.8) is 0 Å². The van der Waals surface area contributed by atoms with E-state index in [-0.39, 0.29) is 18.1 Å². The minimum Gasteiger partial charge on any atom is -0.508 e. The van der Waals surface area contributed by atoms with Crippen LogP contribution in [-0.4, -0.2) is 22.1 Å². The van der Waals surface area contributed by atoms with E-state index in [2.05, 4.69) is 5.32 Å². The molecular weight excluding hydrogens is 308 g/mol. The molecule has 2 N–H and O–H groups in total. The monoisotopic (exact) mass is 326 g/mol. The van der Waals surface area contributed by atoms with Crippen LogP contribution in [-0.2, 0) is 17.8 Å². The van der Waals surface area contributed by atoms with Gasteiger partial charge in [-0.25, -0.2) is 4.79 Å². The molecule has 0 unspecified atom stereocenters. The predicted molar refractivity (Wildman–Crippen MR) is 90.0 cm³/mol. The Morgan fingerprint density at radius 2 is 2.04 bits per heavy atom. The van der Waals surface area contributed by atoms with Gasteiger partial charge in [0.25, 0.3) is 0 Å². The van der Waals surface area contributed by atoms with Crippen molar-refractivity contribution in [2.75, 3.05) is 6.54 Å². The van der Waals surface area contributed by atoms with E-state index in [1.807, 2.05) is 29.1 Å². The molecule has 0 spiro atoms. The number of phenols is 1. The average molecular weight is 326 g/mol. The van der Waals surface area contributed by atoms with Gasteiger partial charge in [0.05, 0.1) is 12.0 Å². The smallest absolute Gasteiger partial charge is 0.340 e. The molecule has 3 aromatic rings. The topological polar surface area (TPSA) is 84.5 Å². The Kier molecular flexibility index (Phi) is 4.37. The first-order valence-electron chi connectivity index (χ1n) is 7.67. The Morgan fingerprint density at radius 3 is 2.79 bits per heavy atom. The maximum Gasteiger partial charge on any atom is 0.340 e. The average Bonchev–Trinajstić information content (AvgIpc) is 3.04. The molecule has 6 nitrogen and oxygen atoms in total. The fourth-order valence-corrected chi connectivity index (χ4v) is 2.65. The van der Waals surface area contributed by atoms with Crippen molar-refractivity contribution in [2.24, 2.45) is 0 Å². The molecule has 24 heavy (non-hydrogen) atoms. The summed E-state index contributed by atoms with van der Waals surface area (Å²) in [5, 5.41) is 13.0. The highest BCUT2D eigenvalue weighted by molar-refractivity contribution is 5.85. The van der Waals surface area contributed by atoms with Crippen LogP contribution in [0.3, 0.4) is 0 Å². The third-order valence-electron chi connectivity index (χ3n) is 3.97. The zero-order valence-corrected chi connectivity index (χ0v) is 13.3. The van der Waals surface area contributed by atoms with Gasteiger partial charge in [-0.05, 0) is 36.8 Å². The van der Waals surface area contributed by atoms with E-state index in [4.69, 9.17) is 4.42 Å². The van der Waals surface area contributed by atoms with Crippen molar-refractivity contribution in [2.45, 2.75) is 19.9 Å². The molecule has 0 radical (unpaired) electrons. The molecule has 0 aliphatic carbocycles. The number of aryl methyl sites for hydroxylation is 1. The van der Waals surface area contributed by atoms with Crippen molar-refractivity contribution < 1.29 is 14.3 Å². The first-order valence-corrected chi connectivity index (χ1v) is 7.67. The second-order valence-electron chi connectivity index (χ2n) is 5.62. The molecule has 0 saturated carbocycles. The van der Waals surface area contributed by atoms with Crippen LogP contribution >= 0.6 is 0 Å². The number of aromatic nitrogens is 1. The summed E-state index contributed by atoms with van der Waals surface area (Å²) in [5.74, 6) is -0.198. The van der Waals surface area contributed by atoms with Gasteiger partial charge in [-0.1, -0.05) is 0 Å². The fraction of sp³-hybridized carbons (Fsp3) is 0.222. The van der Waals surface area contributed by atoms with Crippen LogP contribution in [0.15, 0.2) is 51.9 Å². The number of carbonyl (C=O) groups is 1. The van der Waals surface area contributed by atoms with Gasteiger partial charge in [-0.2, -0.15) is 0 Å². The number of carbonyl (C=O) groups excluding carboxylic acids is 1. The SMILES string of the molecule is Cc1c(CC(=O)NCCn2cccc2)c(=O)oc2cc(O)ccc12. The van der Waals surface area contributed by atoms with Crippen LogP contribution < -0.4 is 10.9 Å². The van der Waals surface area contributed by atoms with Crippen molar-refractivity contribution in [3.05, 3.63) is 64.3 Å². The quantitative estimate of drug-likeness (QED) is 0.702. The Hall–Kier alpha value is -3.02. The summed E-state index contributed by atoms with van der Waals surface area (Å²) in [7, 11) is 0. The first-order chi connectivity index (χ1) is 11.5. The molecule has 0 atom stereocenters. The van der Waals surface area contributed by atoms with Crippen molar-refractivity contribution in [3.8, 4) is 5.75 Å². The van der Waals surface area contributed by atoms with Gasteiger partial charge in [0.2, 0.25) is 5.91 Å². The van der Waals surface area contributed by atoms with E-state index in [0.717, 1.165) is 0 Å². The number of phenolic OH excluding ortho intramolecular Hbond substituents is 1. The number of amides is 1. The van der Waals surface area contributed by atoms with Gasteiger partial charge >= 0.3 is 5.63 Å². The summed E-state index contributed by atoms with van der Waals surface area (Å²) in [6.07, 6.45) is 3.81. The standard InChI is InChI=1S/C18H18N2O4/c1-12-14-5-4-13(21)10-16(14)24-18(23)15(12)11-17(22)19-6-9-20-7-2-3-8-20/h2-5,7-8,10,21H,6,9,11H2,1H3,(H,19,22). The number of nitrogens with one attached hydrogen (secondary N) is 1. The van der Waals surface area contributed by atoms with Gasteiger partial charge in [0.1, 0.15) is 11.3 Å². The van der Waals surface area contributed by atoms with Gasteiger partial charge in [-0.3, -0.25) is 4.79 Å². The largest absolute Gasteiger partial charge is 0.508 e. The number of benzene rings is 1. The maximum atomic E-state index is 12.1. The highest BCUT2D eigenvalue weighted by atomic mass is 16.4. The summed E-state index contributed by atoms with van der Waals surface area (Å²) >= 11 is 0. The van der Waals surface area contributed by atoms with E-state index in [0.29, 0.717) is 35.2 Å². The molecular formula is C18H18N2O4. The van der Waals surface area contributed by atoms with E-state index < -0.39 is 5.63 Å². The number of nitrogens with zero attached hydrogens (tertiary/aromatic N) is 1. The van der Waals surface area contributed by atoms with Crippen LogP contribution in [0.4, 0.5) is 0 Å². The van der Waals surface area contributed by atoms with Crippen molar-refractivity contribution in [1.82, 2.24) is 9.88 Å². The molecule has 3 rings (SSSR count). The Bertz CT molecular complexity index is 926. The molecule has 0 aliphatic rings. The van der Waals surface area contributed by atoms with Gasteiger partial charge in [0, 0.05) is 36.9 Å². The number of aromatic hydroxyl groups is 1. The minimum atomic E-state index is -0.550. The molecule has 1 aromatic carbocycles. The lowest BCUT2D eigenvalue weighted by Gasteiger charge is -2.09. The summed E-state index contributed by atoms with van der Waals surface area (Å²) in [5.41, 5.74) is 0.800. The van der Waals surface area contributed by atoms with Crippen LogP contribution in [0.1, 0.15) is 11.1 Å². The molecule has 0 aliphatic heterocycles. The predicted octanol–water partition coefficient (Wildman–Crippen LogP) is 1.97. The summed E-state index contributed by atoms with van der Waals surface area (Å²) in [4.78, 5) is 24.2. The maximum absolute atomic E-state index is 12.1. The number of hydrogen-bond donors (Lipinski definition) is 2. The zero-order chi connectivity index (χ0) is 17.1. The number of fused-ring (bicyclic) bond motifs is 1. The minimum absolute atomic E-state index is 0.0283. The van der Waals surface area contributed by atoms with E-state index in [9.17, 15) is 14.7 Å². The lowest BCUT2D eigenvalue weighted by atomic mass is 10.0. The van der Waals surface area contributed by atoms with Crippen molar-refractivity contribution in [1.29, 1.82) is 0 Å². The molecule has 124 valence electrons. The highest BCUT2D eigenvalue weighted by Gasteiger charge is 2.15.